The van der Waals surface area contributed by atoms with E-state index >= 15 is 0 Å². The van der Waals surface area contributed by atoms with Gasteiger partial charge in [0, 0.05) is 19.1 Å². The number of rotatable bonds is 22. The van der Waals surface area contributed by atoms with Crippen LogP contribution in [0.25, 0.3) is 0 Å². The Morgan fingerprint density at radius 1 is 0.787 bits per heavy atom. The molecule has 0 aromatic carbocycles. The Bertz CT molecular complexity index is 1690. The summed E-state index contributed by atoms with van der Waals surface area (Å²) in [5.41, 5.74) is 4.79. The van der Waals surface area contributed by atoms with E-state index in [0.717, 1.165) is 89.9 Å². The van der Waals surface area contributed by atoms with Gasteiger partial charge in [-0.15, -0.1) is 0 Å². The molecule has 0 bridgehead atoms. The van der Waals surface area contributed by atoms with Crippen molar-refractivity contribution >= 4 is 41.2 Å². The van der Waals surface area contributed by atoms with Gasteiger partial charge in [-0.1, -0.05) is 85.5 Å². The minimum atomic E-state index is -1.05. The minimum Gasteiger partial charge on any atom is -0.351 e. The van der Waals surface area contributed by atoms with Crippen LogP contribution in [0.3, 0.4) is 0 Å². The lowest BCUT2D eigenvalue weighted by Crippen LogP contribution is -2.62. The molecule has 6 atom stereocenters. The molecule has 1 aromatic rings. The van der Waals surface area contributed by atoms with Crippen molar-refractivity contribution in [3.8, 4) is 0 Å². The van der Waals surface area contributed by atoms with Crippen molar-refractivity contribution in [1.29, 1.82) is 0 Å². The Balaban J connectivity index is 1.26. The van der Waals surface area contributed by atoms with E-state index in [9.17, 15) is 33.6 Å². The topological polar surface area (TPSA) is 235 Å². The summed E-state index contributed by atoms with van der Waals surface area (Å²) in [4.78, 5) is 106. The van der Waals surface area contributed by atoms with Crippen molar-refractivity contribution in [1.82, 2.24) is 41.5 Å². The first-order valence-electron chi connectivity index (χ1n) is 23.1. The Kier molecular flexibility index (Phi) is 17.6. The van der Waals surface area contributed by atoms with Crippen molar-refractivity contribution in [2.45, 2.75) is 173 Å². The predicted octanol–water partition coefficient (Wildman–Crippen LogP) is 3.48. The molecule has 338 valence electrons. The number of nitrogens with two attached hydrogens (primary N) is 1. The lowest BCUT2D eigenvalue weighted by atomic mass is 9.82. The molecule has 61 heavy (non-hydrogen) atoms. The third kappa shape index (κ3) is 13.3. The zero-order valence-corrected chi connectivity index (χ0v) is 36.9. The van der Waals surface area contributed by atoms with E-state index in [0.29, 0.717) is 38.9 Å². The molecule has 16 heteroatoms. The number of unbranched alkanes of at least 4 members (excludes halogenated alkanes) is 5. The van der Waals surface area contributed by atoms with Crippen LogP contribution in [-0.2, 0) is 24.0 Å². The van der Waals surface area contributed by atoms with Gasteiger partial charge < -0.3 is 37.2 Å². The molecule has 4 aliphatic rings. The molecule has 6 amide bonds. The fraction of sp³-hybridized carbons (Fsp3) is 0.756. The second-order valence-electron chi connectivity index (χ2n) is 18.9. The van der Waals surface area contributed by atoms with E-state index in [1.807, 2.05) is 27.7 Å². The van der Waals surface area contributed by atoms with Gasteiger partial charge in [0.15, 0.2) is 0 Å². The fourth-order valence-corrected chi connectivity index (χ4v) is 9.28. The molecule has 1 aromatic heterocycles. The van der Waals surface area contributed by atoms with E-state index in [2.05, 4.69) is 36.6 Å². The molecule has 1 aliphatic heterocycles. The van der Waals surface area contributed by atoms with Crippen LogP contribution in [-0.4, -0.2) is 106 Å². The number of aromatic nitrogens is 2. The quantitative estimate of drug-likeness (QED) is 0.0735. The first kappa shape index (κ1) is 47.6. The second kappa shape index (κ2) is 22.6. The molecule has 5 rings (SSSR count). The maximum atomic E-state index is 14.8. The predicted molar refractivity (Wildman–Crippen MR) is 230 cm³/mol. The summed E-state index contributed by atoms with van der Waals surface area (Å²) < 4.78 is 0. The first-order chi connectivity index (χ1) is 29.2. The number of amides is 6. The number of nitrogens with one attached hydrogen (secondary N) is 5. The standard InChI is InChI=1S/C45H71N9O7/c1-5-16-32(37(55)43(60)50-30-21-22-30)51-42(59)36-31-20-15-19-29(31)27-54(36)44(61)38(45(2,3)4)53-41(58)35(28-17-11-10-12-18-28)52-40(57)34-26-48-33(25-49-34)39(56)47-24-14-9-7-6-8-13-23-46/h25-26,28-32,35-36,38H,5-24,27,46H2,1-4H3,(H,47,56)(H,50,60)(H,51,59)(H,52,57)(H,53,58)/t29-,31-,32?,35?,36-,38?/m0/s1. The van der Waals surface area contributed by atoms with Crippen molar-refractivity contribution in [3.63, 3.8) is 0 Å². The molecule has 0 spiro atoms. The highest BCUT2D eigenvalue weighted by Crippen LogP contribution is 2.43. The number of ketones is 1. The van der Waals surface area contributed by atoms with E-state index in [4.69, 9.17) is 5.73 Å². The van der Waals surface area contributed by atoms with E-state index in [1.165, 1.54) is 12.4 Å². The molecular formula is C45H71N9O7. The number of carbonyl (C=O) groups excluding carboxylic acids is 7. The van der Waals surface area contributed by atoms with Crippen LogP contribution in [0.1, 0.15) is 164 Å². The summed E-state index contributed by atoms with van der Waals surface area (Å²) in [6.07, 6.45) is 17.9. The number of fused-ring (bicyclic) bond motifs is 1. The molecule has 16 nitrogen and oxygen atoms in total. The molecule has 3 aliphatic carbocycles. The van der Waals surface area contributed by atoms with Crippen molar-refractivity contribution < 1.29 is 33.6 Å². The van der Waals surface area contributed by atoms with Crippen LogP contribution in [0.4, 0.5) is 0 Å². The summed E-state index contributed by atoms with van der Waals surface area (Å²) in [5.74, 6) is -3.99. The van der Waals surface area contributed by atoms with Gasteiger partial charge in [0.25, 0.3) is 17.7 Å². The van der Waals surface area contributed by atoms with Gasteiger partial charge in [0.1, 0.15) is 29.5 Å². The Morgan fingerprint density at radius 3 is 2.07 bits per heavy atom. The van der Waals surface area contributed by atoms with Gasteiger partial charge >= 0.3 is 0 Å². The highest BCUT2D eigenvalue weighted by atomic mass is 16.2. The van der Waals surface area contributed by atoms with E-state index < -0.39 is 64.9 Å². The molecular weight excluding hydrogens is 779 g/mol. The van der Waals surface area contributed by atoms with E-state index in [-0.39, 0.29) is 47.5 Å². The molecule has 4 fully saturated rings. The highest BCUT2D eigenvalue weighted by molar-refractivity contribution is 6.38. The van der Waals surface area contributed by atoms with Crippen LogP contribution in [0, 0.1) is 23.2 Å². The molecule has 2 heterocycles. The average Bonchev–Trinajstić information content (AvgIpc) is 3.81. The number of hydrogen-bond donors (Lipinski definition) is 6. The largest absolute Gasteiger partial charge is 0.351 e. The van der Waals surface area contributed by atoms with Gasteiger partial charge in [0.2, 0.25) is 23.5 Å². The minimum absolute atomic E-state index is 0.00560. The van der Waals surface area contributed by atoms with Crippen LogP contribution >= 0.6 is 0 Å². The number of hydrogen-bond acceptors (Lipinski definition) is 10. The Morgan fingerprint density at radius 2 is 1.44 bits per heavy atom. The number of carbonyl (C=O) groups is 7. The Hall–Kier alpha value is -4.47. The number of Topliss-reactive ketones (excluding diaryl/α,β-unsaturated/α-hetero) is 1. The average molecular weight is 850 g/mol. The van der Waals surface area contributed by atoms with Gasteiger partial charge in [-0.05, 0) is 87.5 Å². The van der Waals surface area contributed by atoms with Crippen molar-refractivity contribution in [2.24, 2.45) is 28.9 Å². The number of likely N-dealkylation sites (tertiary alicyclic amines) is 1. The van der Waals surface area contributed by atoms with Gasteiger partial charge in [-0.3, -0.25) is 33.6 Å². The molecule has 3 unspecified atom stereocenters. The SMILES string of the molecule is CCCC(NC(=O)[C@@H]1[C@H]2CCC[C@H]2CN1C(=O)C(NC(=O)C(NC(=O)c1cnc(C(=O)NCCCCCCCCN)cn1)C1CCCCC1)C(C)(C)C)C(=O)C(=O)NC1CC1. The first-order valence-corrected chi connectivity index (χ1v) is 23.1. The lowest BCUT2D eigenvalue weighted by Gasteiger charge is -2.38. The third-order valence-corrected chi connectivity index (χ3v) is 12.9. The molecule has 0 radical (unpaired) electrons. The highest BCUT2D eigenvalue weighted by Gasteiger charge is 2.52. The lowest BCUT2D eigenvalue weighted by molar-refractivity contribution is -0.146. The molecule has 7 N–H and O–H groups in total. The summed E-state index contributed by atoms with van der Waals surface area (Å²) in [5, 5.41) is 14.4. The van der Waals surface area contributed by atoms with Crippen LogP contribution in [0.2, 0.25) is 0 Å². The summed E-state index contributed by atoms with van der Waals surface area (Å²) in [6, 6.07) is -3.92. The van der Waals surface area contributed by atoms with Gasteiger partial charge in [-0.2, -0.15) is 0 Å². The monoisotopic (exact) mass is 850 g/mol. The summed E-state index contributed by atoms with van der Waals surface area (Å²) in [7, 11) is 0. The van der Waals surface area contributed by atoms with E-state index in [1.54, 1.807) is 4.90 Å². The van der Waals surface area contributed by atoms with Crippen LogP contribution in [0.15, 0.2) is 12.4 Å². The van der Waals surface area contributed by atoms with Gasteiger partial charge in [-0.25, -0.2) is 9.97 Å². The Labute approximate surface area is 361 Å². The van der Waals surface area contributed by atoms with Crippen LogP contribution < -0.4 is 32.3 Å². The van der Waals surface area contributed by atoms with Crippen molar-refractivity contribution in [3.05, 3.63) is 23.8 Å². The second-order valence-corrected chi connectivity index (χ2v) is 18.9. The molecule has 1 saturated heterocycles. The fourth-order valence-electron chi connectivity index (χ4n) is 9.28. The zero-order chi connectivity index (χ0) is 44.1. The number of nitrogens with zero attached hydrogens (tertiary/aromatic N) is 3. The smallest absolute Gasteiger partial charge is 0.289 e. The maximum absolute atomic E-state index is 14.8. The normalized spacial score (nSPS) is 21.7. The molecule has 3 saturated carbocycles. The van der Waals surface area contributed by atoms with Gasteiger partial charge in [0.05, 0.1) is 18.4 Å². The summed E-state index contributed by atoms with van der Waals surface area (Å²) >= 11 is 0. The maximum Gasteiger partial charge on any atom is 0.289 e. The zero-order valence-electron chi connectivity index (χ0n) is 36.9. The summed E-state index contributed by atoms with van der Waals surface area (Å²) in [6.45, 7) is 8.97. The van der Waals surface area contributed by atoms with Crippen molar-refractivity contribution in [2.75, 3.05) is 19.6 Å². The van der Waals surface area contributed by atoms with Crippen LogP contribution in [0.5, 0.6) is 0 Å². The third-order valence-electron chi connectivity index (χ3n) is 12.9.